The van der Waals surface area contributed by atoms with Crippen LogP contribution in [-0.2, 0) is 11.8 Å². The van der Waals surface area contributed by atoms with E-state index in [1.165, 1.54) is 4.52 Å². The van der Waals surface area contributed by atoms with Gasteiger partial charge in [0.15, 0.2) is 11.5 Å². The van der Waals surface area contributed by atoms with Crippen LogP contribution in [-0.4, -0.2) is 47.5 Å². The number of carbonyl (C=O) groups excluding carboxylic acids is 1. The summed E-state index contributed by atoms with van der Waals surface area (Å²) in [6, 6.07) is 13.2. The first-order valence-electron chi connectivity index (χ1n) is 11.3. The van der Waals surface area contributed by atoms with Gasteiger partial charge in [-0.25, -0.2) is 14.3 Å². The van der Waals surface area contributed by atoms with E-state index in [9.17, 15) is 18.0 Å². The van der Waals surface area contributed by atoms with E-state index in [0.29, 0.717) is 10.7 Å². The predicted molar refractivity (Wildman–Crippen MR) is 138 cm³/mol. The van der Waals surface area contributed by atoms with Gasteiger partial charge in [-0.1, -0.05) is 41.9 Å². The highest BCUT2D eigenvalue weighted by molar-refractivity contribution is 6.36. The van der Waals surface area contributed by atoms with Gasteiger partial charge in [-0.05, 0) is 30.2 Å². The molecule has 0 bridgehead atoms. The van der Waals surface area contributed by atoms with Gasteiger partial charge in [0, 0.05) is 30.4 Å². The molecule has 1 amide bonds. The zero-order valence-electron chi connectivity index (χ0n) is 20.4. The quantitative estimate of drug-likeness (QED) is 0.291. The minimum Gasteiger partial charge on any atom is -0.475 e. The number of carboxylic acid groups (broad SMARTS) is 1. The van der Waals surface area contributed by atoms with Crippen LogP contribution in [0.25, 0.3) is 27.7 Å². The van der Waals surface area contributed by atoms with Crippen molar-refractivity contribution in [1.29, 1.82) is 0 Å². The molecule has 0 radical (unpaired) electrons. The Morgan fingerprint density at radius 1 is 1.18 bits per heavy atom. The first-order valence-corrected chi connectivity index (χ1v) is 11.7. The van der Waals surface area contributed by atoms with Crippen LogP contribution >= 0.6 is 11.6 Å². The van der Waals surface area contributed by atoms with Gasteiger partial charge in [-0.3, -0.25) is 9.48 Å². The van der Waals surface area contributed by atoms with Crippen molar-refractivity contribution in [1.82, 2.24) is 29.7 Å². The summed E-state index contributed by atoms with van der Waals surface area (Å²) in [5, 5.41) is 20.2. The summed E-state index contributed by atoms with van der Waals surface area (Å²) < 4.78 is 35.0. The van der Waals surface area contributed by atoms with Gasteiger partial charge in [-0.15, -0.1) is 5.10 Å². The zero-order chi connectivity index (χ0) is 28.5. The number of halogens is 4. The molecule has 5 rings (SSSR count). The van der Waals surface area contributed by atoms with Crippen LogP contribution < -0.4 is 11.1 Å². The molecule has 39 heavy (non-hydrogen) atoms. The van der Waals surface area contributed by atoms with E-state index in [2.05, 4.69) is 20.5 Å². The number of nitrogens with two attached hydrogens (primary N) is 1. The fourth-order valence-corrected chi connectivity index (χ4v) is 4.31. The van der Waals surface area contributed by atoms with Crippen LogP contribution in [0.2, 0.25) is 5.02 Å². The molecule has 0 aliphatic rings. The topological polar surface area (TPSA) is 140 Å². The molecule has 4 N–H and O–H groups in total. The summed E-state index contributed by atoms with van der Waals surface area (Å²) in [5.41, 5.74) is 10.4. The van der Waals surface area contributed by atoms with Crippen molar-refractivity contribution in [2.75, 3.05) is 5.73 Å². The summed E-state index contributed by atoms with van der Waals surface area (Å²) in [6.07, 6.45) is -0.0364. The van der Waals surface area contributed by atoms with Crippen LogP contribution in [0, 0.1) is 0 Å². The lowest BCUT2D eigenvalue weighted by Gasteiger charge is -2.20. The minimum atomic E-state index is -5.08. The number of aliphatic carboxylic acids is 1. The molecule has 0 saturated carbocycles. The monoisotopic (exact) mass is 559 g/mol. The first kappa shape index (κ1) is 27.4. The third-order valence-electron chi connectivity index (χ3n) is 5.77. The van der Waals surface area contributed by atoms with Gasteiger partial charge in [0.2, 0.25) is 0 Å². The molecule has 0 spiro atoms. The lowest BCUT2D eigenvalue weighted by Crippen LogP contribution is -2.27. The molecular weight excluding hydrogens is 539 g/mol. The molecule has 14 heteroatoms. The Morgan fingerprint density at radius 2 is 1.85 bits per heavy atom. The smallest absolute Gasteiger partial charge is 0.475 e. The summed E-state index contributed by atoms with van der Waals surface area (Å²) in [4.78, 5) is 26.4. The zero-order valence-corrected chi connectivity index (χ0v) is 21.2. The molecule has 0 aliphatic carbocycles. The molecule has 3 heterocycles. The summed E-state index contributed by atoms with van der Waals surface area (Å²) >= 11 is 6.61. The number of aryl methyl sites for hydroxylation is 1. The van der Waals surface area contributed by atoms with E-state index in [1.807, 2.05) is 50.4 Å². The number of carboxylic acids is 1. The summed E-state index contributed by atoms with van der Waals surface area (Å²) in [6.45, 7) is 1.91. The Kier molecular flexibility index (Phi) is 7.45. The number of anilines is 1. The number of benzene rings is 2. The number of hydrogen-bond donors (Lipinski definition) is 3. The molecule has 3 aromatic heterocycles. The Hall–Kier alpha value is -4.65. The molecule has 0 aliphatic heterocycles. The number of nitrogens with one attached hydrogen (secondary N) is 1. The molecule has 2 aromatic carbocycles. The van der Waals surface area contributed by atoms with Crippen LogP contribution in [0.15, 0.2) is 61.1 Å². The molecule has 1 atom stereocenters. The average Bonchev–Trinajstić information content (AvgIpc) is 3.43. The first-order chi connectivity index (χ1) is 18.4. The maximum atomic E-state index is 13.2. The molecule has 0 fully saturated rings. The van der Waals surface area contributed by atoms with Crippen molar-refractivity contribution in [2.45, 2.75) is 19.1 Å². The molecular formula is C25H21ClF3N7O3. The van der Waals surface area contributed by atoms with Crippen LogP contribution in [0.5, 0.6) is 0 Å². The highest BCUT2D eigenvalue weighted by atomic mass is 35.5. The third kappa shape index (κ3) is 5.48. The molecule has 0 saturated heterocycles. The summed E-state index contributed by atoms with van der Waals surface area (Å²) in [5.74, 6) is -2.99. The maximum absolute atomic E-state index is 13.2. The van der Waals surface area contributed by atoms with Crippen LogP contribution in [0.1, 0.15) is 28.9 Å². The number of rotatable bonds is 4. The second-order valence-corrected chi connectivity index (χ2v) is 8.77. The van der Waals surface area contributed by atoms with E-state index in [4.69, 9.17) is 27.2 Å². The van der Waals surface area contributed by atoms with E-state index >= 15 is 0 Å². The number of nitrogen functional groups attached to an aromatic ring is 1. The highest BCUT2D eigenvalue weighted by Gasteiger charge is 2.38. The fourth-order valence-electron chi connectivity index (χ4n) is 4.05. The van der Waals surface area contributed by atoms with Gasteiger partial charge in [0.05, 0.1) is 22.8 Å². The Balaban J connectivity index is 0.000000448. The second kappa shape index (κ2) is 10.6. The van der Waals surface area contributed by atoms with Crippen molar-refractivity contribution >= 4 is 45.8 Å². The number of nitrogens with zero attached hydrogens (tertiary/aromatic N) is 5. The summed E-state index contributed by atoms with van der Waals surface area (Å²) in [7, 11) is 1.88. The number of hydrogen-bond acceptors (Lipinski definition) is 6. The molecule has 10 nitrogen and oxygen atoms in total. The van der Waals surface area contributed by atoms with Gasteiger partial charge < -0.3 is 16.2 Å². The number of aromatic nitrogens is 5. The van der Waals surface area contributed by atoms with Gasteiger partial charge in [0.25, 0.3) is 5.91 Å². The van der Waals surface area contributed by atoms with Crippen molar-refractivity contribution in [2.24, 2.45) is 7.05 Å². The number of carbonyl (C=O) groups is 2. The van der Waals surface area contributed by atoms with E-state index < -0.39 is 12.1 Å². The maximum Gasteiger partial charge on any atom is 0.490 e. The average molecular weight is 560 g/mol. The molecule has 202 valence electrons. The SMILES string of the molecule is CC(NC(=O)c1c(N)nn2cccnc12)c1cc(Cl)c2cnn(C)c2c1-c1ccccc1.O=C(O)C(F)(F)F. The van der Waals surface area contributed by atoms with Crippen molar-refractivity contribution in [3.05, 3.63) is 77.2 Å². The van der Waals surface area contributed by atoms with Gasteiger partial charge in [-0.2, -0.15) is 18.3 Å². The van der Waals surface area contributed by atoms with Gasteiger partial charge in [0.1, 0.15) is 5.56 Å². The lowest BCUT2D eigenvalue weighted by atomic mass is 9.93. The number of amides is 1. The Morgan fingerprint density at radius 3 is 2.49 bits per heavy atom. The number of fused-ring (bicyclic) bond motifs is 2. The normalized spacial score (nSPS) is 12.2. The van der Waals surface area contributed by atoms with E-state index in [1.54, 1.807) is 29.3 Å². The highest BCUT2D eigenvalue weighted by Crippen LogP contribution is 2.39. The van der Waals surface area contributed by atoms with Crippen molar-refractivity contribution < 1.29 is 27.9 Å². The fraction of sp³-hybridized carbons (Fsp3) is 0.160. The van der Waals surface area contributed by atoms with E-state index in [-0.39, 0.29) is 23.3 Å². The minimum absolute atomic E-state index is 0.122. The Bertz CT molecular complexity index is 1680. The standard InChI is InChI=1S/C23H20ClN7O.C2HF3O2/c1-13(28-23(32)19-21(25)29-31-10-6-9-26-22(19)31)15-11-17(24)16-12-27-30(2)20(16)18(15)14-7-4-3-5-8-14;3-2(4,5)1(6)7/h3-13H,1-2H3,(H2,25,29)(H,28,32);(H,6,7). The van der Waals surface area contributed by atoms with Crippen LogP contribution in [0.3, 0.4) is 0 Å². The van der Waals surface area contributed by atoms with Crippen LogP contribution in [0.4, 0.5) is 19.0 Å². The van der Waals surface area contributed by atoms with Gasteiger partial charge >= 0.3 is 12.1 Å². The predicted octanol–water partition coefficient (Wildman–Crippen LogP) is 4.64. The molecule has 5 aromatic rings. The second-order valence-electron chi connectivity index (χ2n) is 8.37. The largest absolute Gasteiger partial charge is 0.490 e. The third-order valence-corrected chi connectivity index (χ3v) is 6.08. The Labute approximate surface area is 223 Å². The lowest BCUT2D eigenvalue weighted by molar-refractivity contribution is -0.192. The molecule has 1 unspecified atom stereocenters. The number of alkyl halides is 3. The van der Waals surface area contributed by atoms with Crippen molar-refractivity contribution in [3.63, 3.8) is 0 Å². The van der Waals surface area contributed by atoms with E-state index in [0.717, 1.165) is 27.6 Å². The van der Waals surface area contributed by atoms with Crippen molar-refractivity contribution in [3.8, 4) is 11.1 Å².